The van der Waals surface area contributed by atoms with Gasteiger partial charge in [0.1, 0.15) is 29.6 Å². The van der Waals surface area contributed by atoms with Gasteiger partial charge in [-0.15, -0.1) is 0 Å². The zero-order valence-corrected chi connectivity index (χ0v) is 14.9. The van der Waals surface area contributed by atoms with E-state index in [-0.39, 0.29) is 5.82 Å². The minimum atomic E-state index is -0.462. The largest absolute Gasteiger partial charge is 0.478 e. The van der Waals surface area contributed by atoms with Crippen LogP contribution in [0.1, 0.15) is 11.3 Å². The molecule has 0 unspecified atom stereocenters. The smallest absolute Gasteiger partial charge is 0.344 e. The van der Waals surface area contributed by atoms with E-state index in [1.165, 1.54) is 12.1 Å². The summed E-state index contributed by atoms with van der Waals surface area (Å²) in [4.78, 5) is 14.7. The highest BCUT2D eigenvalue weighted by atomic mass is 19.1. The van der Waals surface area contributed by atoms with Crippen molar-refractivity contribution in [2.75, 3.05) is 6.73 Å². The maximum atomic E-state index is 13.2. The van der Waals surface area contributed by atoms with Crippen molar-refractivity contribution in [2.24, 2.45) is 0 Å². The van der Waals surface area contributed by atoms with Gasteiger partial charge in [0.05, 0.1) is 23.9 Å². The molecule has 5 nitrogen and oxygen atoms in total. The lowest BCUT2D eigenvalue weighted by atomic mass is 10.0. The molecule has 6 heteroatoms. The predicted octanol–water partition coefficient (Wildman–Crippen LogP) is 4.54. The van der Waals surface area contributed by atoms with Crippen molar-refractivity contribution in [2.45, 2.75) is 13.1 Å². The van der Waals surface area contributed by atoms with Gasteiger partial charge in [0.15, 0.2) is 0 Å². The average Bonchev–Trinajstić information content (AvgIpc) is 3.21. The monoisotopic (exact) mass is 377 g/mol. The number of rotatable bonds is 3. The van der Waals surface area contributed by atoms with Gasteiger partial charge in [-0.05, 0) is 48.0 Å². The molecular formula is C22H16FNO4. The average molecular weight is 377 g/mol. The zero-order valence-electron chi connectivity index (χ0n) is 14.9. The Kier molecular flexibility index (Phi) is 3.98. The molecule has 2 aromatic carbocycles. The summed E-state index contributed by atoms with van der Waals surface area (Å²) in [5, 5.41) is 0.793. The molecule has 0 atom stereocenters. The Bertz CT molecular complexity index is 1200. The number of fused-ring (bicyclic) bond motifs is 3. The quantitative estimate of drug-likeness (QED) is 0.491. The molecule has 2 aromatic heterocycles. The second-order valence-corrected chi connectivity index (χ2v) is 6.75. The van der Waals surface area contributed by atoms with E-state index in [0.717, 1.165) is 16.7 Å². The lowest BCUT2D eigenvalue weighted by Crippen LogP contribution is -2.31. The molecule has 5 rings (SSSR count). The molecular weight excluding hydrogens is 361 g/mol. The second kappa shape index (κ2) is 6.65. The van der Waals surface area contributed by atoms with Crippen molar-refractivity contribution in [3.8, 4) is 16.9 Å². The maximum absolute atomic E-state index is 13.2. The molecule has 140 valence electrons. The Labute approximate surface area is 159 Å². The number of benzene rings is 2. The molecule has 0 fully saturated rings. The third-order valence-electron chi connectivity index (χ3n) is 4.86. The van der Waals surface area contributed by atoms with Crippen molar-refractivity contribution in [1.29, 1.82) is 0 Å². The van der Waals surface area contributed by atoms with Crippen LogP contribution in [-0.4, -0.2) is 11.6 Å². The van der Waals surface area contributed by atoms with E-state index in [1.807, 2.05) is 24.3 Å². The first-order valence-electron chi connectivity index (χ1n) is 8.90. The van der Waals surface area contributed by atoms with Crippen LogP contribution in [0.25, 0.3) is 22.1 Å². The van der Waals surface area contributed by atoms with Crippen LogP contribution in [0.4, 0.5) is 4.39 Å². The van der Waals surface area contributed by atoms with Crippen LogP contribution in [0.2, 0.25) is 0 Å². The zero-order chi connectivity index (χ0) is 19.1. The van der Waals surface area contributed by atoms with E-state index < -0.39 is 5.63 Å². The number of furan rings is 1. The maximum Gasteiger partial charge on any atom is 0.344 e. The number of hydrogen-bond donors (Lipinski definition) is 0. The first kappa shape index (κ1) is 16.8. The molecule has 0 aliphatic carbocycles. The van der Waals surface area contributed by atoms with Crippen molar-refractivity contribution in [1.82, 2.24) is 4.90 Å². The van der Waals surface area contributed by atoms with Crippen molar-refractivity contribution in [3.05, 3.63) is 88.4 Å². The third-order valence-corrected chi connectivity index (χ3v) is 4.86. The van der Waals surface area contributed by atoms with Gasteiger partial charge in [-0.25, -0.2) is 9.18 Å². The minimum absolute atomic E-state index is 0.350. The van der Waals surface area contributed by atoms with Crippen LogP contribution < -0.4 is 10.4 Å². The molecule has 0 N–H and O–H groups in total. The topological polar surface area (TPSA) is 55.8 Å². The van der Waals surface area contributed by atoms with E-state index >= 15 is 0 Å². The highest BCUT2D eigenvalue weighted by Crippen LogP contribution is 2.33. The van der Waals surface area contributed by atoms with E-state index in [0.29, 0.717) is 42.3 Å². The lowest BCUT2D eigenvalue weighted by Gasteiger charge is -2.28. The number of hydrogen-bond acceptors (Lipinski definition) is 5. The molecule has 28 heavy (non-hydrogen) atoms. The summed E-state index contributed by atoms with van der Waals surface area (Å²) in [6, 6.07) is 15.1. The summed E-state index contributed by atoms with van der Waals surface area (Å²) in [6.45, 7) is 1.60. The fraction of sp³-hybridized carbons (Fsp3) is 0.136. The van der Waals surface area contributed by atoms with Crippen LogP contribution in [0, 0.1) is 5.82 Å². The van der Waals surface area contributed by atoms with Gasteiger partial charge >= 0.3 is 5.63 Å². The van der Waals surface area contributed by atoms with Crippen LogP contribution in [0.3, 0.4) is 0 Å². The van der Waals surface area contributed by atoms with Gasteiger partial charge in [-0.1, -0.05) is 12.1 Å². The Morgan fingerprint density at radius 1 is 1.07 bits per heavy atom. The van der Waals surface area contributed by atoms with Gasteiger partial charge in [-0.3, -0.25) is 4.90 Å². The summed E-state index contributed by atoms with van der Waals surface area (Å²) >= 11 is 0. The Hall–Kier alpha value is -3.38. The summed E-state index contributed by atoms with van der Waals surface area (Å²) in [6.07, 6.45) is 1.64. The Morgan fingerprint density at radius 3 is 2.71 bits per heavy atom. The third kappa shape index (κ3) is 2.97. The highest BCUT2D eigenvalue weighted by molar-refractivity contribution is 5.86. The van der Waals surface area contributed by atoms with Crippen LogP contribution in [0.5, 0.6) is 5.75 Å². The van der Waals surface area contributed by atoms with Crippen molar-refractivity contribution < 1.29 is 18.0 Å². The fourth-order valence-corrected chi connectivity index (χ4v) is 3.49. The molecule has 3 heterocycles. The number of nitrogens with zero attached hydrogens (tertiary/aromatic N) is 1. The van der Waals surface area contributed by atoms with E-state index in [2.05, 4.69) is 4.90 Å². The van der Waals surface area contributed by atoms with Crippen molar-refractivity contribution in [3.63, 3.8) is 0 Å². The lowest BCUT2D eigenvalue weighted by molar-refractivity contribution is 0.0826. The summed E-state index contributed by atoms with van der Waals surface area (Å²) < 4.78 is 30.1. The number of halogens is 1. The van der Waals surface area contributed by atoms with Crippen molar-refractivity contribution >= 4 is 11.0 Å². The van der Waals surface area contributed by atoms with Gasteiger partial charge in [0, 0.05) is 11.9 Å². The highest BCUT2D eigenvalue weighted by Gasteiger charge is 2.22. The molecule has 4 aromatic rings. The normalized spacial score (nSPS) is 14.0. The first-order valence-corrected chi connectivity index (χ1v) is 8.90. The van der Waals surface area contributed by atoms with E-state index in [1.54, 1.807) is 24.5 Å². The molecule has 0 amide bonds. The molecule has 0 saturated heterocycles. The van der Waals surface area contributed by atoms with Crippen LogP contribution in [0.15, 0.2) is 74.5 Å². The Morgan fingerprint density at radius 2 is 1.93 bits per heavy atom. The number of ether oxygens (including phenoxy) is 1. The fourth-order valence-electron chi connectivity index (χ4n) is 3.49. The molecule has 0 radical (unpaired) electrons. The molecule has 0 bridgehead atoms. The van der Waals surface area contributed by atoms with Crippen LogP contribution in [-0.2, 0) is 13.1 Å². The minimum Gasteiger partial charge on any atom is -0.478 e. The van der Waals surface area contributed by atoms with E-state index in [9.17, 15) is 9.18 Å². The molecule has 1 aliphatic rings. The summed E-state index contributed by atoms with van der Waals surface area (Å²) in [5.74, 6) is 1.20. The molecule has 0 saturated carbocycles. The van der Waals surface area contributed by atoms with Gasteiger partial charge in [0.2, 0.25) is 0 Å². The van der Waals surface area contributed by atoms with E-state index in [4.69, 9.17) is 13.6 Å². The molecule has 1 aliphatic heterocycles. The standard InChI is InChI=1S/C22H16FNO4/c23-16-6-3-14(4-7-16)18-10-15-5-8-20-19(21(15)28-22(18)25)12-24(13-27-20)11-17-2-1-9-26-17/h1-10H,11-13H2. The van der Waals surface area contributed by atoms with Gasteiger partial charge < -0.3 is 13.6 Å². The second-order valence-electron chi connectivity index (χ2n) is 6.75. The predicted molar refractivity (Wildman–Crippen MR) is 101 cm³/mol. The SMILES string of the molecule is O=c1oc2c3c(ccc2cc1-c1ccc(F)cc1)OCN(Cc1ccco1)C3. The van der Waals surface area contributed by atoms with Gasteiger partial charge in [0.25, 0.3) is 0 Å². The van der Waals surface area contributed by atoms with Gasteiger partial charge in [-0.2, -0.15) is 0 Å². The van der Waals surface area contributed by atoms with Crippen LogP contribution >= 0.6 is 0 Å². The first-order chi connectivity index (χ1) is 13.7. The summed E-state index contributed by atoms with van der Waals surface area (Å²) in [7, 11) is 0. The molecule has 0 spiro atoms. The Balaban J connectivity index is 1.55. The summed E-state index contributed by atoms with van der Waals surface area (Å²) in [5.41, 5.74) is 1.90.